The van der Waals surface area contributed by atoms with Crippen LogP contribution in [0.2, 0.25) is 0 Å². The lowest BCUT2D eigenvalue weighted by molar-refractivity contribution is 0.464. The summed E-state index contributed by atoms with van der Waals surface area (Å²) in [5, 5.41) is 4.89. The topological polar surface area (TPSA) is 19.6 Å². The molecule has 434 valence electrons. The number of benzene rings is 9. The number of hydrogen-bond acceptors (Lipinski definition) is 4. The summed E-state index contributed by atoms with van der Waals surface area (Å²) in [5.41, 5.74) is 22.9. The number of thiophene rings is 1. The first-order valence-electron chi connectivity index (χ1n) is 31.9. The molecule has 0 saturated carbocycles. The van der Waals surface area contributed by atoms with Crippen molar-refractivity contribution in [3.63, 3.8) is 0 Å². The van der Waals surface area contributed by atoms with Crippen molar-refractivity contribution in [3.8, 4) is 22.3 Å². The van der Waals surface area contributed by atoms with Gasteiger partial charge in [0.2, 0.25) is 0 Å². The fraction of sp³-hybridized carbons (Fsp3) is 0.253. The molecular weight excluding hydrogens is 1070 g/mol. The number of allylic oxidation sites excluding steroid dienone is 6. The Balaban J connectivity index is 1.11. The van der Waals surface area contributed by atoms with Gasteiger partial charge in [-0.05, 0) is 159 Å². The molecule has 0 N–H and O–H groups in total. The van der Waals surface area contributed by atoms with Crippen LogP contribution < -0.4 is 9.80 Å². The maximum absolute atomic E-state index is 7.72. The summed E-state index contributed by atoms with van der Waals surface area (Å²) < 4.78 is 10.3. The van der Waals surface area contributed by atoms with E-state index in [1.165, 1.54) is 115 Å². The summed E-state index contributed by atoms with van der Waals surface area (Å²) in [5.74, 6) is 0.413. The van der Waals surface area contributed by atoms with Crippen LogP contribution >= 0.6 is 11.3 Å². The number of para-hydroxylation sites is 1. The van der Waals surface area contributed by atoms with Crippen molar-refractivity contribution in [2.24, 2.45) is 5.41 Å². The third-order valence-electron chi connectivity index (χ3n) is 19.7. The largest absolute Gasteiger partial charge is 0.455 e. The molecule has 3 aliphatic rings. The van der Waals surface area contributed by atoms with Crippen LogP contribution in [0.4, 0.5) is 17.1 Å². The molecule has 11 aromatic rings. The Morgan fingerprint density at radius 3 is 1.91 bits per heavy atom. The number of anilines is 3. The van der Waals surface area contributed by atoms with E-state index in [9.17, 15) is 0 Å². The number of fused-ring (bicyclic) bond motifs is 18. The minimum absolute atomic E-state index is 0.0123. The molecule has 3 atom stereocenters. The Bertz CT molecular complexity index is 4520. The van der Waals surface area contributed by atoms with E-state index in [1.807, 2.05) is 11.3 Å². The average Bonchev–Trinajstić information content (AvgIpc) is 1.49. The second-order valence-electron chi connectivity index (χ2n) is 26.9. The van der Waals surface area contributed by atoms with Gasteiger partial charge >= 0.3 is 0 Å². The van der Waals surface area contributed by atoms with Crippen LogP contribution in [-0.4, -0.2) is 12.1 Å². The van der Waals surface area contributed by atoms with Crippen molar-refractivity contribution in [1.82, 2.24) is 0 Å². The van der Waals surface area contributed by atoms with Gasteiger partial charge in [0.1, 0.15) is 11.2 Å². The molecule has 4 heteroatoms. The van der Waals surface area contributed by atoms with Gasteiger partial charge in [-0.25, -0.2) is 0 Å². The number of furan rings is 1. The quantitative estimate of drug-likeness (QED) is 0.101. The van der Waals surface area contributed by atoms with Crippen molar-refractivity contribution >= 4 is 76.1 Å². The molecule has 3 nitrogen and oxygen atoms in total. The molecule has 1 spiro atoms. The summed E-state index contributed by atoms with van der Waals surface area (Å²) >= 11 is 1.94. The van der Waals surface area contributed by atoms with E-state index in [-0.39, 0.29) is 22.9 Å². The number of nitrogens with zero attached hydrogens (tertiary/aromatic N) is 2. The Labute approximate surface area is 519 Å². The van der Waals surface area contributed by atoms with Gasteiger partial charge in [0, 0.05) is 59.8 Å². The molecule has 2 heterocycles. The Hall–Kier alpha value is -8.44. The monoisotopic (exact) mass is 1150 g/mol. The highest BCUT2D eigenvalue weighted by atomic mass is 32.1. The van der Waals surface area contributed by atoms with Gasteiger partial charge in [-0.1, -0.05) is 244 Å². The highest BCUT2D eigenvalue weighted by Gasteiger charge is 2.54. The normalized spacial score (nSPS) is 16.1. The molecule has 0 radical (unpaired) electrons. The zero-order chi connectivity index (χ0) is 59.9. The third-order valence-corrected chi connectivity index (χ3v) is 20.8. The third kappa shape index (κ3) is 9.36. The van der Waals surface area contributed by atoms with Gasteiger partial charge in [0.15, 0.2) is 0 Å². The highest BCUT2D eigenvalue weighted by Crippen LogP contribution is 2.68. The number of hydrogen-bond donors (Lipinski definition) is 0. The SMILES string of the molecule is CC/C(=C\C=C(/C)c1ccccc1)N(c1ccc(C(C)(C)C)cc1)c1cc2c(c3sc4ccccc4c13)-c1c(cc(N(C3C=CC(C(C)(C)C)=CC3)C(CC)CCC(C)c3ccccc3)c3c1oc1ccccc13)C21c2ccccc2-c2ccccc21. The van der Waals surface area contributed by atoms with E-state index >= 15 is 0 Å². The lowest BCUT2D eigenvalue weighted by Gasteiger charge is -2.41. The molecule has 3 aliphatic carbocycles. The summed E-state index contributed by atoms with van der Waals surface area (Å²) in [6, 6.07) is 73.9. The first kappa shape index (κ1) is 56.4. The molecule has 3 unspecified atom stereocenters. The molecule has 0 aliphatic heterocycles. The molecule has 0 bridgehead atoms. The van der Waals surface area contributed by atoms with Crippen molar-refractivity contribution in [2.75, 3.05) is 9.80 Å². The van der Waals surface area contributed by atoms with Crippen LogP contribution in [0.3, 0.4) is 0 Å². The van der Waals surface area contributed by atoms with E-state index in [1.54, 1.807) is 0 Å². The van der Waals surface area contributed by atoms with Gasteiger partial charge in [0.25, 0.3) is 0 Å². The minimum atomic E-state index is -0.725. The smallest absolute Gasteiger partial charge is 0.145 e. The lowest BCUT2D eigenvalue weighted by Crippen LogP contribution is -2.43. The molecular formula is C83H80N2OS. The van der Waals surface area contributed by atoms with Crippen molar-refractivity contribution < 1.29 is 4.42 Å². The Morgan fingerprint density at radius 1 is 0.632 bits per heavy atom. The summed E-state index contributed by atoms with van der Waals surface area (Å²) in [6.07, 6.45) is 17.1. The lowest BCUT2D eigenvalue weighted by atomic mass is 9.70. The maximum atomic E-state index is 7.72. The van der Waals surface area contributed by atoms with Crippen LogP contribution in [0.15, 0.2) is 240 Å². The zero-order valence-electron chi connectivity index (χ0n) is 52.3. The molecule has 87 heavy (non-hydrogen) atoms. The van der Waals surface area contributed by atoms with Crippen LogP contribution in [-0.2, 0) is 10.8 Å². The highest BCUT2D eigenvalue weighted by molar-refractivity contribution is 7.26. The maximum Gasteiger partial charge on any atom is 0.145 e. The van der Waals surface area contributed by atoms with Gasteiger partial charge in [0.05, 0.1) is 22.5 Å². The predicted molar refractivity (Wildman–Crippen MR) is 374 cm³/mol. The molecule has 2 aromatic heterocycles. The van der Waals surface area contributed by atoms with Gasteiger partial charge in [-0.3, -0.25) is 0 Å². The minimum Gasteiger partial charge on any atom is -0.455 e. The van der Waals surface area contributed by atoms with Gasteiger partial charge in [-0.2, -0.15) is 0 Å². The fourth-order valence-electron chi connectivity index (χ4n) is 15.1. The first-order valence-corrected chi connectivity index (χ1v) is 32.7. The average molecular weight is 1150 g/mol. The molecule has 0 amide bonds. The first-order chi connectivity index (χ1) is 42.2. The van der Waals surface area contributed by atoms with Crippen LogP contribution in [0.1, 0.15) is 146 Å². The summed E-state index contributed by atoms with van der Waals surface area (Å²) in [6.45, 7) is 23.4. The van der Waals surface area contributed by atoms with E-state index in [2.05, 4.69) is 304 Å². The molecule has 0 fully saturated rings. The zero-order valence-corrected chi connectivity index (χ0v) is 53.2. The number of rotatable bonds is 14. The van der Waals surface area contributed by atoms with E-state index in [0.29, 0.717) is 5.92 Å². The standard InChI is InChI=1S/C83H80N2OS/c1-11-59(45-39-53(3)55-27-15-13-16-28-55)84(61-47-41-57(42-48-61)81(5,6)7)71-51-69-77(79-75(71)65-33-21-25-37-73(65)86-79)78-70(83(69)67-35-23-19-31-63(67)64-32-20-24-36-68(64)83)52-72(76-66-34-22-26-38-74(66)87-80(76)78)85(62-49-43-58(44-50-62)82(8,9)10)60(12-2)46-40-54(4)56-29-17-14-18-30-56/h13-38,40-44,46-47,49-53,59,61H,11-12,39,45,48H2,1-10H3/b54-40+,60-46+. The Kier molecular flexibility index (Phi) is 14.3. The van der Waals surface area contributed by atoms with E-state index in [0.717, 1.165) is 54.3 Å². The second kappa shape index (κ2) is 22.1. The van der Waals surface area contributed by atoms with Gasteiger partial charge in [-0.15, -0.1) is 11.3 Å². The van der Waals surface area contributed by atoms with Crippen LogP contribution in [0.25, 0.3) is 69.9 Å². The molecule has 0 saturated heterocycles. The summed E-state index contributed by atoms with van der Waals surface area (Å²) in [7, 11) is 0. The molecule has 14 rings (SSSR count). The van der Waals surface area contributed by atoms with Crippen molar-refractivity contribution in [1.29, 1.82) is 0 Å². The predicted octanol–water partition coefficient (Wildman–Crippen LogP) is 23.6. The molecule has 9 aromatic carbocycles. The fourth-order valence-corrected chi connectivity index (χ4v) is 16.4. The van der Waals surface area contributed by atoms with Gasteiger partial charge < -0.3 is 14.2 Å². The van der Waals surface area contributed by atoms with Crippen LogP contribution in [0.5, 0.6) is 0 Å². The second-order valence-corrected chi connectivity index (χ2v) is 27.9. The summed E-state index contributed by atoms with van der Waals surface area (Å²) in [4.78, 5) is 5.50. The van der Waals surface area contributed by atoms with Crippen LogP contribution in [0, 0.1) is 5.41 Å². The van der Waals surface area contributed by atoms with Crippen molar-refractivity contribution in [3.05, 3.63) is 275 Å². The van der Waals surface area contributed by atoms with E-state index < -0.39 is 5.41 Å². The van der Waals surface area contributed by atoms with E-state index in [4.69, 9.17) is 4.42 Å². The Morgan fingerprint density at radius 2 is 1.25 bits per heavy atom. The van der Waals surface area contributed by atoms with Crippen molar-refractivity contribution in [2.45, 2.75) is 130 Å².